The quantitative estimate of drug-likeness (QED) is 0.511. The van der Waals surface area contributed by atoms with Gasteiger partial charge in [-0.05, 0) is 12.8 Å². The Labute approximate surface area is 129 Å². The number of hydrogen-bond donors (Lipinski definition) is 1. The zero-order valence-corrected chi connectivity index (χ0v) is 13.9. The smallest absolute Gasteiger partial charge is 0.189 e. The minimum Gasteiger partial charge on any atom is -0.392 e. The molecule has 20 heavy (non-hydrogen) atoms. The Bertz CT molecular complexity index is 255. The van der Waals surface area contributed by atoms with Crippen LogP contribution in [0, 0.1) is 0 Å². The molecule has 0 aromatic heterocycles. The van der Waals surface area contributed by atoms with Crippen molar-refractivity contribution in [1.29, 1.82) is 0 Å². The van der Waals surface area contributed by atoms with Gasteiger partial charge >= 0.3 is 0 Å². The van der Waals surface area contributed by atoms with E-state index in [0.717, 1.165) is 19.3 Å². The third-order valence-corrected chi connectivity index (χ3v) is 5.52. The summed E-state index contributed by atoms with van der Waals surface area (Å²) in [6.45, 7) is 2.26. The van der Waals surface area contributed by atoms with Crippen LogP contribution in [0.15, 0.2) is 0 Å². The first kappa shape index (κ1) is 18.0. The van der Waals surface area contributed by atoms with Crippen LogP contribution in [-0.2, 0) is 4.79 Å². The second-order valence-electron chi connectivity index (χ2n) is 6.10. The molecule has 2 atom stereocenters. The first-order chi connectivity index (χ1) is 9.74. The van der Waals surface area contributed by atoms with E-state index in [1.165, 1.54) is 69.5 Å². The van der Waals surface area contributed by atoms with Crippen molar-refractivity contribution in [2.45, 2.75) is 102 Å². The van der Waals surface area contributed by atoms with Gasteiger partial charge in [0.1, 0.15) is 0 Å². The number of unbranched alkanes of at least 4 members (excludes halogenated alkanes) is 9. The lowest BCUT2D eigenvalue weighted by molar-refractivity contribution is -0.110. The van der Waals surface area contributed by atoms with Gasteiger partial charge in [0.2, 0.25) is 0 Å². The van der Waals surface area contributed by atoms with E-state index < -0.39 is 0 Å². The first-order valence-electron chi connectivity index (χ1n) is 8.61. The van der Waals surface area contributed by atoms with E-state index in [9.17, 15) is 9.90 Å². The van der Waals surface area contributed by atoms with Gasteiger partial charge < -0.3 is 5.11 Å². The molecule has 1 heterocycles. The van der Waals surface area contributed by atoms with Crippen molar-refractivity contribution in [2.75, 3.05) is 0 Å². The minimum atomic E-state index is -0.263. The van der Waals surface area contributed by atoms with Gasteiger partial charge in [0.25, 0.3) is 0 Å². The van der Waals surface area contributed by atoms with E-state index in [2.05, 4.69) is 6.92 Å². The molecule has 1 rings (SSSR count). The molecule has 1 N–H and O–H groups in total. The lowest BCUT2D eigenvalue weighted by atomic mass is 10.0. The molecule has 0 saturated carbocycles. The molecule has 1 aliphatic rings. The largest absolute Gasteiger partial charge is 0.392 e. The first-order valence-corrected chi connectivity index (χ1v) is 9.49. The van der Waals surface area contributed by atoms with Crippen LogP contribution in [0.1, 0.15) is 90.4 Å². The van der Waals surface area contributed by atoms with E-state index in [4.69, 9.17) is 0 Å². The molecule has 0 spiro atoms. The number of aliphatic hydroxyl groups excluding tert-OH is 1. The summed E-state index contributed by atoms with van der Waals surface area (Å²) in [5.41, 5.74) is 0. The van der Waals surface area contributed by atoms with Crippen LogP contribution in [0.25, 0.3) is 0 Å². The summed E-state index contributed by atoms with van der Waals surface area (Å²) in [4.78, 5) is 11.2. The number of aliphatic hydroxyl groups is 1. The normalized spacial score (nSPS) is 20.5. The predicted molar refractivity (Wildman–Crippen MR) is 88.1 cm³/mol. The van der Waals surface area contributed by atoms with Gasteiger partial charge in [-0.15, -0.1) is 0 Å². The second-order valence-corrected chi connectivity index (χ2v) is 7.40. The Kier molecular flexibility index (Phi) is 10.5. The zero-order valence-electron chi connectivity index (χ0n) is 13.1. The Hall–Kier alpha value is -0.0200. The van der Waals surface area contributed by atoms with Crippen LogP contribution in [-0.4, -0.2) is 21.6 Å². The highest BCUT2D eigenvalue weighted by Crippen LogP contribution is 2.32. The van der Waals surface area contributed by atoms with Gasteiger partial charge in [0.15, 0.2) is 5.12 Å². The van der Waals surface area contributed by atoms with Crippen LogP contribution in [0.5, 0.6) is 0 Å². The fraction of sp³-hybridized carbons (Fsp3) is 0.941. The van der Waals surface area contributed by atoms with Crippen molar-refractivity contribution in [2.24, 2.45) is 0 Å². The number of carbonyl (C=O) groups is 1. The van der Waals surface area contributed by atoms with E-state index >= 15 is 0 Å². The summed E-state index contributed by atoms with van der Waals surface area (Å²) >= 11 is 1.37. The summed E-state index contributed by atoms with van der Waals surface area (Å²) in [5, 5.41) is 10.5. The van der Waals surface area contributed by atoms with Gasteiger partial charge in [0.05, 0.1) is 6.10 Å². The summed E-state index contributed by atoms with van der Waals surface area (Å²) in [5.74, 6) is 0. The summed E-state index contributed by atoms with van der Waals surface area (Å²) in [6, 6.07) is 0. The molecule has 0 aromatic carbocycles. The molecular formula is C17H32O2S. The Morgan fingerprint density at radius 2 is 1.60 bits per heavy atom. The topological polar surface area (TPSA) is 37.3 Å². The third kappa shape index (κ3) is 8.31. The van der Waals surface area contributed by atoms with Gasteiger partial charge in [0, 0.05) is 11.7 Å². The van der Waals surface area contributed by atoms with Crippen molar-refractivity contribution < 1.29 is 9.90 Å². The van der Waals surface area contributed by atoms with E-state index in [1.807, 2.05) is 0 Å². The third-order valence-electron chi connectivity index (χ3n) is 4.20. The molecule has 0 unspecified atom stereocenters. The van der Waals surface area contributed by atoms with Crippen molar-refractivity contribution in [3.63, 3.8) is 0 Å². The molecule has 0 aromatic rings. The van der Waals surface area contributed by atoms with Gasteiger partial charge in [-0.2, -0.15) is 0 Å². The Balaban J connectivity index is 1.83. The maximum absolute atomic E-state index is 11.2. The van der Waals surface area contributed by atoms with Crippen molar-refractivity contribution in [3.05, 3.63) is 0 Å². The van der Waals surface area contributed by atoms with Crippen LogP contribution in [0.3, 0.4) is 0 Å². The SMILES string of the molecule is CCCCCCCCCCCC[C@@H](O)[C@H]1CCC(=O)S1. The molecule has 3 heteroatoms. The predicted octanol–water partition coefficient (Wildman–Crippen LogP) is 5.08. The molecule has 2 nitrogen and oxygen atoms in total. The van der Waals surface area contributed by atoms with Crippen LogP contribution >= 0.6 is 11.8 Å². The maximum atomic E-state index is 11.2. The number of rotatable bonds is 12. The Morgan fingerprint density at radius 1 is 1.05 bits per heavy atom. The van der Waals surface area contributed by atoms with Gasteiger partial charge in [-0.3, -0.25) is 4.79 Å². The molecule has 1 saturated heterocycles. The van der Waals surface area contributed by atoms with Crippen molar-refractivity contribution in [1.82, 2.24) is 0 Å². The molecule has 0 aliphatic carbocycles. The van der Waals surface area contributed by atoms with E-state index in [-0.39, 0.29) is 16.5 Å². The standard InChI is InChI=1S/C17H32O2S/c1-2-3-4-5-6-7-8-9-10-11-12-15(18)16-13-14-17(19)20-16/h15-16,18H,2-14H2,1H3/t15-,16-/m1/s1. The molecule has 118 valence electrons. The van der Waals surface area contributed by atoms with Crippen molar-refractivity contribution in [3.8, 4) is 0 Å². The van der Waals surface area contributed by atoms with E-state index in [0.29, 0.717) is 6.42 Å². The zero-order chi connectivity index (χ0) is 14.6. The molecule has 1 aliphatic heterocycles. The fourth-order valence-electron chi connectivity index (χ4n) is 2.84. The highest BCUT2D eigenvalue weighted by atomic mass is 32.2. The molecule has 0 amide bonds. The number of carbonyl (C=O) groups excluding carboxylic acids is 1. The fourth-order valence-corrected chi connectivity index (χ4v) is 3.95. The molecule has 0 radical (unpaired) electrons. The molecule has 0 bridgehead atoms. The highest BCUT2D eigenvalue weighted by molar-refractivity contribution is 8.14. The Morgan fingerprint density at radius 3 is 2.10 bits per heavy atom. The van der Waals surface area contributed by atoms with Gasteiger partial charge in [-0.25, -0.2) is 0 Å². The average Bonchev–Trinajstić information content (AvgIpc) is 2.87. The van der Waals surface area contributed by atoms with Crippen molar-refractivity contribution >= 4 is 16.9 Å². The lowest BCUT2D eigenvalue weighted by Gasteiger charge is -2.15. The van der Waals surface area contributed by atoms with Crippen LogP contribution < -0.4 is 0 Å². The number of hydrogen-bond acceptors (Lipinski definition) is 3. The van der Waals surface area contributed by atoms with Gasteiger partial charge in [-0.1, -0.05) is 82.9 Å². The summed E-state index contributed by atoms with van der Waals surface area (Å²) in [6.07, 6.45) is 15.4. The average molecular weight is 301 g/mol. The van der Waals surface area contributed by atoms with Crippen LogP contribution in [0.2, 0.25) is 0 Å². The van der Waals surface area contributed by atoms with E-state index in [1.54, 1.807) is 0 Å². The highest BCUT2D eigenvalue weighted by Gasteiger charge is 2.28. The second kappa shape index (κ2) is 11.6. The summed E-state index contributed by atoms with van der Waals surface area (Å²) < 4.78 is 0. The maximum Gasteiger partial charge on any atom is 0.189 e. The molecular weight excluding hydrogens is 268 g/mol. The monoisotopic (exact) mass is 300 g/mol. The minimum absolute atomic E-state index is 0.182. The lowest BCUT2D eigenvalue weighted by Crippen LogP contribution is -2.20. The van der Waals surface area contributed by atoms with Crippen LogP contribution in [0.4, 0.5) is 0 Å². The number of thioether (sulfide) groups is 1. The summed E-state index contributed by atoms with van der Waals surface area (Å²) in [7, 11) is 0. The molecule has 1 fully saturated rings.